The van der Waals surface area contributed by atoms with Crippen molar-refractivity contribution in [1.82, 2.24) is 4.90 Å². The number of carbonyl (C=O) groups is 2. The van der Waals surface area contributed by atoms with E-state index >= 15 is 0 Å². The van der Waals surface area contributed by atoms with E-state index in [0.29, 0.717) is 28.3 Å². The lowest BCUT2D eigenvalue weighted by molar-refractivity contribution is -0.137. The molecule has 0 atom stereocenters. The molecule has 0 fully saturated rings. The summed E-state index contributed by atoms with van der Waals surface area (Å²) in [7, 11) is 0. The number of hydrogen-bond donors (Lipinski definition) is 1. The number of aryl methyl sites for hydroxylation is 3. The smallest absolute Gasteiger partial charge is 0.278 e. The number of nitrogens with one attached hydrogen (secondary N) is 1. The third-order valence-electron chi connectivity index (χ3n) is 5.94. The average Bonchev–Trinajstić information content (AvgIpc) is 3.35. The van der Waals surface area contributed by atoms with Gasteiger partial charge in [0.15, 0.2) is 11.5 Å². The molecule has 2 amide bonds. The summed E-state index contributed by atoms with van der Waals surface area (Å²) in [5, 5.41) is 3.27. The molecule has 1 N–H and O–H groups in total. The molecule has 0 spiro atoms. The van der Waals surface area contributed by atoms with Crippen molar-refractivity contribution >= 4 is 23.1 Å². The van der Waals surface area contributed by atoms with E-state index in [-0.39, 0.29) is 25.2 Å². The van der Waals surface area contributed by atoms with Crippen molar-refractivity contribution in [1.29, 1.82) is 0 Å². The fraction of sp³-hybridized carbons (Fsp3) is 0.185. The number of hydrogen-bond acceptors (Lipinski definition) is 5. The van der Waals surface area contributed by atoms with Gasteiger partial charge in [0.25, 0.3) is 11.8 Å². The maximum Gasteiger partial charge on any atom is 0.278 e. The first-order chi connectivity index (χ1) is 15.9. The van der Waals surface area contributed by atoms with Crippen LogP contribution in [0.1, 0.15) is 27.8 Å². The molecule has 0 saturated carbocycles. The highest BCUT2D eigenvalue weighted by molar-refractivity contribution is 6.36. The van der Waals surface area contributed by atoms with Crippen LogP contribution in [0.15, 0.2) is 66.4 Å². The van der Waals surface area contributed by atoms with Crippen molar-refractivity contribution in [3.63, 3.8) is 0 Å². The van der Waals surface area contributed by atoms with Gasteiger partial charge in [-0.05, 0) is 61.2 Å². The average molecular weight is 440 g/mol. The second-order valence-corrected chi connectivity index (χ2v) is 8.44. The third kappa shape index (κ3) is 3.84. The van der Waals surface area contributed by atoms with Gasteiger partial charge in [-0.2, -0.15) is 0 Å². The summed E-state index contributed by atoms with van der Waals surface area (Å²) < 4.78 is 10.8. The normalized spacial score (nSPS) is 14.9. The van der Waals surface area contributed by atoms with E-state index in [1.165, 1.54) is 4.90 Å². The first kappa shape index (κ1) is 20.8. The zero-order valence-corrected chi connectivity index (χ0v) is 18.8. The van der Waals surface area contributed by atoms with E-state index in [4.69, 9.17) is 9.47 Å². The lowest BCUT2D eigenvalue weighted by Gasteiger charge is -2.16. The molecule has 0 saturated heterocycles. The SMILES string of the molecule is Cc1ccc(C2=C(Nc3cc(C)ccc3C)C(=O)N(Cc3ccc4c(c3)OCO4)C2=O)cc1. The Hall–Kier alpha value is -4.06. The summed E-state index contributed by atoms with van der Waals surface area (Å²) in [6, 6.07) is 19.1. The van der Waals surface area contributed by atoms with Gasteiger partial charge in [0.1, 0.15) is 5.70 Å². The molecule has 6 nitrogen and oxygen atoms in total. The minimum absolute atomic E-state index is 0.141. The quantitative estimate of drug-likeness (QED) is 0.581. The standard InChI is InChI=1S/C27H24N2O4/c1-16-5-9-20(10-6-16)24-25(28-21-12-17(2)4-7-18(21)3)27(31)29(26(24)30)14-19-8-11-22-23(13-19)33-15-32-22/h4-13,28H,14-15H2,1-3H3. The Morgan fingerprint density at radius 2 is 1.55 bits per heavy atom. The van der Waals surface area contributed by atoms with E-state index in [1.54, 1.807) is 6.07 Å². The zero-order valence-electron chi connectivity index (χ0n) is 18.8. The predicted octanol–water partition coefficient (Wildman–Crippen LogP) is 4.73. The van der Waals surface area contributed by atoms with Gasteiger partial charge in [0, 0.05) is 5.69 Å². The molecular weight excluding hydrogens is 416 g/mol. The number of fused-ring (bicyclic) bond motifs is 1. The van der Waals surface area contributed by atoms with E-state index in [9.17, 15) is 9.59 Å². The molecule has 5 rings (SSSR count). The number of anilines is 1. The third-order valence-corrected chi connectivity index (χ3v) is 5.94. The van der Waals surface area contributed by atoms with Crippen LogP contribution in [0.25, 0.3) is 5.57 Å². The molecule has 0 aromatic heterocycles. The lowest BCUT2D eigenvalue weighted by atomic mass is 10.0. The maximum absolute atomic E-state index is 13.5. The first-order valence-corrected chi connectivity index (χ1v) is 10.8. The van der Waals surface area contributed by atoms with Crippen molar-refractivity contribution in [3.8, 4) is 11.5 Å². The number of benzene rings is 3. The van der Waals surface area contributed by atoms with Crippen LogP contribution in [-0.4, -0.2) is 23.5 Å². The van der Waals surface area contributed by atoms with Crippen LogP contribution in [0.2, 0.25) is 0 Å². The fourth-order valence-electron chi connectivity index (χ4n) is 4.05. The van der Waals surface area contributed by atoms with Crippen molar-refractivity contribution in [2.45, 2.75) is 27.3 Å². The number of nitrogens with zero attached hydrogens (tertiary/aromatic N) is 1. The molecule has 166 valence electrons. The molecule has 2 aliphatic heterocycles. The van der Waals surface area contributed by atoms with Gasteiger partial charge in [-0.3, -0.25) is 14.5 Å². The Bertz CT molecular complexity index is 1310. The summed E-state index contributed by atoms with van der Waals surface area (Å²) in [6.07, 6.45) is 0. The highest BCUT2D eigenvalue weighted by atomic mass is 16.7. The van der Waals surface area contributed by atoms with E-state index in [1.807, 2.05) is 75.4 Å². The van der Waals surface area contributed by atoms with Crippen molar-refractivity contribution in [2.24, 2.45) is 0 Å². The summed E-state index contributed by atoms with van der Waals surface area (Å²) in [5.74, 6) is 0.601. The molecule has 0 radical (unpaired) electrons. The number of rotatable bonds is 5. The molecule has 0 bridgehead atoms. The van der Waals surface area contributed by atoms with Crippen molar-refractivity contribution in [2.75, 3.05) is 12.1 Å². The van der Waals surface area contributed by atoms with E-state index in [0.717, 1.165) is 27.9 Å². The highest BCUT2D eigenvalue weighted by Crippen LogP contribution is 2.35. The van der Waals surface area contributed by atoms with Gasteiger partial charge in [0.05, 0.1) is 12.1 Å². The Labute approximate surface area is 192 Å². The summed E-state index contributed by atoms with van der Waals surface area (Å²) in [4.78, 5) is 28.4. The molecule has 3 aromatic carbocycles. The Kier molecular flexibility index (Phi) is 5.13. The van der Waals surface area contributed by atoms with Crippen molar-refractivity contribution in [3.05, 3.63) is 94.2 Å². The Balaban J connectivity index is 1.53. The largest absolute Gasteiger partial charge is 0.454 e. The minimum Gasteiger partial charge on any atom is -0.454 e. The number of amides is 2. The van der Waals surface area contributed by atoms with Crippen LogP contribution < -0.4 is 14.8 Å². The monoisotopic (exact) mass is 440 g/mol. The summed E-state index contributed by atoms with van der Waals surface area (Å²) in [5.41, 5.74) is 6.11. The van der Waals surface area contributed by atoms with Crippen LogP contribution in [-0.2, 0) is 16.1 Å². The molecule has 6 heteroatoms. The van der Waals surface area contributed by atoms with Crippen LogP contribution in [0.5, 0.6) is 11.5 Å². The summed E-state index contributed by atoms with van der Waals surface area (Å²) >= 11 is 0. The summed E-state index contributed by atoms with van der Waals surface area (Å²) in [6.45, 7) is 6.26. The highest BCUT2D eigenvalue weighted by Gasteiger charge is 2.39. The molecule has 33 heavy (non-hydrogen) atoms. The molecule has 2 aliphatic rings. The van der Waals surface area contributed by atoms with E-state index < -0.39 is 0 Å². The predicted molar refractivity (Wildman–Crippen MR) is 126 cm³/mol. The van der Waals surface area contributed by atoms with Gasteiger partial charge in [-0.1, -0.05) is 48.0 Å². The van der Waals surface area contributed by atoms with Gasteiger partial charge < -0.3 is 14.8 Å². The zero-order chi connectivity index (χ0) is 23.1. The molecular formula is C27H24N2O4. The second-order valence-electron chi connectivity index (χ2n) is 8.44. The molecule has 0 aliphatic carbocycles. The molecule has 3 aromatic rings. The fourth-order valence-corrected chi connectivity index (χ4v) is 4.05. The number of imide groups is 1. The van der Waals surface area contributed by atoms with Crippen LogP contribution in [0.3, 0.4) is 0 Å². The first-order valence-electron chi connectivity index (χ1n) is 10.8. The molecule has 0 unspecified atom stereocenters. The number of carbonyl (C=O) groups excluding carboxylic acids is 2. The van der Waals surface area contributed by atoms with Gasteiger partial charge in [-0.15, -0.1) is 0 Å². The lowest BCUT2D eigenvalue weighted by Crippen LogP contribution is -2.32. The Morgan fingerprint density at radius 1 is 0.818 bits per heavy atom. The minimum atomic E-state index is -0.353. The van der Waals surface area contributed by atoms with Crippen LogP contribution in [0, 0.1) is 20.8 Å². The molecule has 2 heterocycles. The second kappa shape index (κ2) is 8.13. The van der Waals surface area contributed by atoms with Gasteiger partial charge in [-0.25, -0.2) is 0 Å². The van der Waals surface area contributed by atoms with Crippen LogP contribution in [0.4, 0.5) is 5.69 Å². The van der Waals surface area contributed by atoms with E-state index in [2.05, 4.69) is 5.32 Å². The maximum atomic E-state index is 13.5. The number of ether oxygens (including phenoxy) is 2. The van der Waals surface area contributed by atoms with Gasteiger partial charge >= 0.3 is 0 Å². The topological polar surface area (TPSA) is 67.9 Å². The van der Waals surface area contributed by atoms with Crippen LogP contribution >= 0.6 is 0 Å². The van der Waals surface area contributed by atoms with Crippen molar-refractivity contribution < 1.29 is 19.1 Å². The Morgan fingerprint density at radius 3 is 2.33 bits per heavy atom. The van der Waals surface area contributed by atoms with Gasteiger partial charge in [0.2, 0.25) is 6.79 Å².